The summed E-state index contributed by atoms with van der Waals surface area (Å²) in [4.78, 5) is 44.2. The van der Waals surface area contributed by atoms with Crippen LogP contribution in [0.5, 0.6) is 0 Å². The van der Waals surface area contributed by atoms with Gasteiger partial charge in [0.2, 0.25) is 0 Å². The summed E-state index contributed by atoms with van der Waals surface area (Å²) >= 11 is 0. The molecule has 0 unspecified atom stereocenters. The SMILES string of the molecule is O=C1N(Cc2ccccc2)CN(CCCC=NCCCN2CN(Cc3ccccc3)C(=O)N(Cc3ccccc3)C2)CN1Cc1ccccc1. The average molecular weight is 672 g/mol. The van der Waals surface area contributed by atoms with Crippen LogP contribution in [0.2, 0.25) is 0 Å². The van der Waals surface area contributed by atoms with E-state index in [9.17, 15) is 9.59 Å². The lowest BCUT2D eigenvalue weighted by molar-refractivity contribution is 0.0262. The van der Waals surface area contributed by atoms with Crippen LogP contribution >= 0.6 is 0 Å². The third kappa shape index (κ3) is 10.3. The smallest absolute Gasteiger partial charge is 0.307 e. The zero-order valence-electron chi connectivity index (χ0n) is 29.0. The summed E-state index contributed by atoms with van der Waals surface area (Å²) in [5, 5.41) is 0. The third-order valence-electron chi connectivity index (χ3n) is 9.13. The Bertz CT molecular complexity index is 1410. The van der Waals surface area contributed by atoms with Crippen LogP contribution in [0.1, 0.15) is 41.5 Å². The molecule has 0 saturated carbocycles. The molecule has 0 aliphatic carbocycles. The monoisotopic (exact) mass is 671 g/mol. The van der Waals surface area contributed by atoms with Crippen molar-refractivity contribution in [3.63, 3.8) is 0 Å². The highest BCUT2D eigenvalue weighted by Crippen LogP contribution is 2.19. The second-order valence-corrected chi connectivity index (χ2v) is 13.2. The largest absolute Gasteiger partial charge is 0.322 e. The summed E-state index contributed by atoms with van der Waals surface area (Å²) in [6.07, 6.45) is 4.87. The highest BCUT2D eigenvalue weighted by atomic mass is 16.2. The van der Waals surface area contributed by atoms with Gasteiger partial charge in [0.1, 0.15) is 0 Å². The maximum atomic E-state index is 13.5. The van der Waals surface area contributed by atoms with E-state index >= 15 is 0 Å². The summed E-state index contributed by atoms with van der Waals surface area (Å²) in [7, 11) is 0. The van der Waals surface area contributed by atoms with Gasteiger partial charge in [0, 0.05) is 45.8 Å². The van der Waals surface area contributed by atoms with Crippen molar-refractivity contribution >= 4 is 18.3 Å². The number of aliphatic imine (C=N–C) groups is 1. The maximum absolute atomic E-state index is 13.5. The molecular weight excluding hydrogens is 622 g/mol. The average Bonchev–Trinajstić information content (AvgIpc) is 3.15. The number of carbonyl (C=O) groups is 2. The Kier molecular flexibility index (Phi) is 12.6. The number of amides is 4. The van der Waals surface area contributed by atoms with Gasteiger partial charge in [-0.3, -0.25) is 14.8 Å². The van der Waals surface area contributed by atoms with E-state index in [1.54, 1.807) is 0 Å². The van der Waals surface area contributed by atoms with Crippen LogP contribution in [-0.4, -0.2) is 94.0 Å². The predicted octanol–water partition coefficient (Wildman–Crippen LogP) is 6.94. The number of hydrogen-bond acceptors (Lipinski definition) is 5. The molecule has 0 N–H and O–H groups in total. The van der Waals surface area contributed by atoms with Crippen molar-refractivity contribution in [3.8, 4) is 0 Å². The number of benzene rings is 4. The summed E-state index contributed by atoms with van der Waals surface area (Å²) in [5.41, 5.74) is 4.55. The van der Waals surface area contributed by atoms with Crippen LogP contribution in [-0.2, 0) is 26.2 Å². The van der Waals surface area contributed by atoms with Crippen molar-refractivity contribution < 1.29 is 9.59 Å². The Morgan fingerprint density at radius 3 is 1.12 bits per heavy atom. The number of carbonyl (C=O) groups excluding carboxylic acids is 2. The summed E-state index contributed by atoms with van der Waals surface area (Å²) < 4.78 is 0. The maximum Gasteiger partial charge on any atom is 0.322 e. The van der Waals surface area contributed by atoms with Gasteiger partial charge < -0.3 is 19.6 Å². The molecule has 2 aliphatic rings. The number of nitrogens with zero attached hydrogens (tertiary/aromatic N) is 7. The number of urea groups is 2. The van der Waals surface area contributed by atoms with E-state index in [1.165, 1.54) is 0 Å². The molecule has 2 saturated heterocycles. The van der Waals surface area contributed by atoms with Crippen LogP contribution in [0.4, 0.5) is 9.59 Å². The van der Waals surface area contributed by atoms with Crippen molar-refractivity contribution in [1.29, 1.82) is 0 Å². The molecule has 0 aromatic heterocycles. The van der Waals surface area contributed by atoms with Crippen LogP contribution < -0.4 is 0 Å². The van der Waals surface area contributed by atoms with Gasteiger partial charge in [-0.05, 0) is 47.7 Å². The molecular formula is C41H49N7O2. The Morgan fingerprint density at radius 2 is 0.780 bits per heavy atom. The van der Waals surface area contributed by atoms with Crippen molar-refractivity contribution in [2.45, 2.75) is 45.4 Å². The predicted molar refractivity (Wildman–Crippen MR) is 199 cm³/mol. The fourth-order valence-electron chi connectivity index (χ4n) is 6.64. The fourth-order valence-corrected chi connectivity index (χ4v) is 6.64. The molecule has 2 heterocycles. The molecule has 9 nitrogen and oxygen atoms in total. The Balaban J connectivity index is 0.965. The quantitative estimate of drug-likeness (QED) is 0.0957. The first-order valence-corrected chi connectivity index (χ1v) is 17.8. The van der Waals surface area contributed by atoms with E-state index in [2.05, 4.69) is 64.5 Å². The number of hydrogen-bond donors (Lipinski definition) is 0. The van der Waals surface area contributed by atoms with Crippen molar-refractivity contribution in [2.75, 3.05) is 46.3 Å². The molecule has 0 radical (unpaired) electrons. The molecule has 50 heavy (non-hydrogen) atoms. The summed E-state index contributed by atoms with van der Waals surface area (Å²) in [6.45, 7) is 7.39. The Morgan fingerprint density at radius 1 is 0.460 bits per heavy atom. The molecule has 4 aromatic rings. The minimum absolute atomic E-state index is 0.0800. The fraction of sp³-hybridized carbons (Fsp3) is 0.341. The molecule has 9 heteroatoms. The van der Waals surface area contributed by atoms with Crippen LogP contribution in [0, 0.1) is 0 Å². The first kappa shape index (κ1) is 34.9. The number of unbranched alkanes of at least 4 members (excludes halogenated alkanes) is 1. The van der Waals surface area contributed by atoms with Crippen molar-refractivity contribution in [2.24, 2.45) is 4.99 Å². The molecule has 0 atom stereocenters. The standard InChI is InChI=1S/C41H49N7O2/c49-40-45(28-36-16-5-1-6-17-36)32-43(33-46(40)29-37-18-7-2-8-19-37)26-14-13-24-42-25-15-27-44-34-47(30-38-20-9-3-10-21-38)41(50)48(35-44)31-39-22-11-4-12-23-39/h1-12,16-24H,13-15,25-35H2. The van der Waals surface area contributed by atoms with Gasteiger partial charge in [0.15, 0.2) is 0 Å². The van der Waals surface area contributed by atoms with Crippen molar-refractivity contribution in [3.05, 3.63) is 144 Å². The van der Waals surface area contributed by atoms with Gasteiger partial charge in [-0.25, -0.2) is 9.59 Å². The molecule has 0 spiro atoms. The highest BCUT2D eigenvalue weighted by molar-refractivity contribution is 5.75. The van der Waals surface area contributed by atoms with Crippen molar-refractivity contribution in [1.82, 2.24) is 29.4 Å². The van der Waals surface area contributed by atoms with E-state index in [0.717, 1.165) is 61.2 Å². The molecule has 2 fully saturated rings. The van der Waals surface area contributed by atoms with Crippen LogP contribution in [0.25, 0.3) is 0 Å². The lowest BCUT2D eigenvalue weighted by Gasteiger charge is -2.42. The van der Waals surface area contributed by atoms with Gasteiger partial charge >= 0.3 is 12.1 Å². The van der Waals surface area contributed by atoms with Gasteiger partial charge in [0.05, 0.1) is 26.7 Å². The third-order valence-corrected chi connectivity index (χ3v) is 9.13. The van der Waals surface area contributed by atoms with Gasteiger partial charge in [-0.1, -0.05) is 121 Å². The first-order valence-electron chi connectivity index (χ1n) is 17.8. The molecule has 2 aliphatic heterocycles. The molecule has 260 valence electrons. The molecule has 4 aromatic carbocycles. The summed E-state index contributed by atoms with van der Waals surface area (Å²) in [5.74, 6) is 0. The van der Waals surface area contributed by atoms with Crippen LogP contribution in [0.15, 0.2) is 126 Å². The second-order valence-electron chi connectivity index (χ2n) is 13.2. The zero-order valence-corrected chi connectivity index (χ0v) is 29.0. The van der Waals surface area contributed by atoms with Gasteiger partial charge in [-0.15, -0.1) is 0 Å². The minimum Gasteiger partial charge on any atom is -0.307 e. The van der Waals surface area contributed by atoms with E-state index < -0.39 is 0 Å². The van der Waals surface area contributed by atoms with E-state index in [1.807, 2.05) is 92.4 Å². The minimum atomic E-state index is 0.0800. The molecule has 4 amide bonds. The molecule has 6 rings (SSSR count). The lowest BCUT2D eigenvalue weighted by atomic mass is 10.2. The van der Waals surface area contributed by atoms with Crippen LogP contribution in [0.3, 0.4) is 0 Å². The van der Waals surface area contributed by atoms with E-state index in [-0.39, 0.29) is 12.1 Å². The topological polar surface area (TPSA) is 65.9 Å². The first-order chi connectivity index (χ1) is 24.6. The number of rotatable bonds is 16. The van der Waals surface area contributed by atoms with Gasteiger partial charge in [0.25, 0.3) is 0 Å². The van der Waals surface area contributed by atoms with E-state index in [0.29, 0.717) is 52.9 Å². The highest BCUT2D eigenvalue weighted by Gasteiger charge is 2.31. The normalized spacial score (nSPS) is 16.2. The molecule has 0 bridgehead atoms. The van der Waals surface area contributed by atoms with E-state index in [4.69, 9.17) is 4.99 Å². The Labute approximate surface area is 297 Å². The lowest BCUT2D eigenvalue weighted by Crippen LogP contribution is -2.57. The summed E-state index contributed by atoms with van der Waals surface area (Å²) in [6, 6.07) is 41.0. The van der Waals surface area contributed by atoms with Gasteiger partial charge in [-0.2, -0.15) is 0 Å². The second kappa shape index (κ2) is 18.1. The Hall–Kier alpha value is -4.99. The zero-order chi connectivity index (χ0) is 34.4.